The smallest absolute Gasteiger partial charge is 0.131 e. The van der Waals surface area contributed by atoms with Crippen LogP contribution in [-0.2, 0) is 0 Å². The number of hydrogen-bond donors (Lipinski definition) is 2. The zero-order valence-electron chi connectivity index (χ0n) is 8.79. The number of nitrogens with one attached hydrogen (secondary N) is 1. The molecule has 0 aliphatic rings. The minimum atomic E-state index is -0.431. The second-order valence-electron chi connectivity index (χ2n) is 3.48. The first kappa shape index (κ1) is 11.5. The molecule has 1 aromatic rings. The van der Waals surface area contributed by atoms with Gasteiger partial charge in [0.25, 0.3) is 0 Å². The van der Waals surface area contributed by atoms with Crippen molar-refractivity contribution in [3.05, 3.63) is 29.6 Å². The minimum Gasteiger partial charge on any atom is -0.508 e. The lowest BCUT2D eigenvalue weighted by molar-refractivity contribution is 0.462. The van der Waals surface area contributed by atoms with Crippen LogP contribution in [0, 0.1) is 18.2 Å². The highest BCUT2D eigenvalue weighted by atomic mass is 19.1. The predicted octanol–water partition coefficient (Wildman–Crippen LogP) is 2.20. The van der Waals surface area contributed by atoms with Crippen molar-refractivity contribution < 1.29 is 9.50 Å². The van der Waals surface area contributed by atoms with Gasteiger partial charge in [-0.15, -0.1) is 6.42 Å². The van der Waals surface area contributed by atoms with Gasteiger partial charge in [0.2, 0.25) is 0 Å². The molecule has 80 valence electrons. The average Bonchev–Trinajstić information content (AvgIpc) is 2.17. The number of halogens is 1. The molecule has 0 fully saturated rings. The Labute approximate surface area is 89.1 Å². The summed E-state index contributed by atoms with van der Waals surface area (Å²) in [4.78, 5) is 0. The maximum atomic E-state index is 13.4. The molecule has 3 heteroatoms. The largest absolute Gasteiger partial charge is 0.508 e. The first-order valence-electron chi connectivity index (χ1n) is 4.75. The van der Waals surface area contributed by atoms with Crippen LogP contribution in [0.4, 0.5) is 4.39 Å². The first-order valence-corrected chi connectivity index (χ1v) is 4.75. The van der Waals surface area contributed by atoms with E-state index in [9.17, 15) is 4.39 Å². The highest BCUT2D eigenvalue weighted by Crippen LogP contribution is 2.21. The molecule has 0 saturated heterocycles. The van der Waals surface area contributed by atoms with Gasteiger partial charge in [0.05, 0.1) is 6.04 Å². The summed E-state index contributed by atoms with van der Waals surface area (Å²) in [5.74, 6) is 2.01. The Morgan fingerprint density at radius 1 is 1.47 bits per heavy atom. The summed E-state index contributed by atoms with van der Waals surface area (Å²) >= 11 is 0. The van der Waals surface area contributed by atoms with Gasteiger partial charge in [-0.05, 0) is 19.9 Å². The lowest BCUT2D eigenvalue weighted by atomic mass is 10.1. The second kappa shape index (κ2) is 4.81. The number of aromatic hydroxyl groups is 1. The van der Waals surface area contributed by atoms with Gasteiger partial charge in [-0.2, -0.15) is 0 Å². The van der Waals surface area contributed by atoms with Gasteiger partial charge in [0, 0.05) is 17.7 Å². The standard InChI is InChI=1S/C12H14FNO/c1-4-8(2)14-9(3)11-6-5-10(15)7-12(11)13/h1,5-9,14-15H,2-3H3. The molecular weight excluding hydrogens is 193 g/mol. The Hall–Kier alpha value is -1.53. The van der Waals surface area contributed by atoms with Crippen molar-refractivity contribution in [2.45, 2.75) is 25.9 Å². The highest BCUT2D eigenvalue weighted by molar-refractivity contribution is 5.29. The molecule has 0 bridgehead atoms. The molecule has 2 unspecified atom stereocenters. The monoisotopic (exact) mass is 207 g/mol. The quantitative estimate of drug-likeness (QED) is 0.745. The predicted molar refractivity (Wildman–Crippen MR) is 57.9 cm³/mol. The molecule has 2 nitrogen and oxygen atoms in total. The van der Waals surface area contributed by atoms with Crippen LogP contribution >= 0.6 is 0 Å². The first-order chi connectivity index (χ1) is 7.04. The van der Waals surface area contributed by atoms with Crippen molar-refractivity contribution in [2.75, 3.05) is 0 Å². The van der Waals surface area contributed by atoms with E-state index in [4.69, 9.17) is 11.5 Å². The van der Waals surface area contributed by atoms with Crippen LogP contribution in [0.3, 0.4) is 0 Å². The number of hydrogen-bond acceptors (Lipinski definition) is 2. The zero-order valence-corrected chi connectivity index (χ0v) is 8.79. The number of terminal acetylenes is 1. The van der Waals surface area contributed by atoms with Crippen molar-refractivity contribution in [3.63, 3.8) is 0 Å². The molecule has 0 heterocycles. The Morgan fingerprint density at radius 2 is 2.13 bits per heavy atom. The number of rotatable bonds is 3. The van der Waals surface area contributed by atoms with Gasteiger partial charge in [-0.3, -0.25) is 5.32 Å². The molecule has 1 aromatic carbocycles. The van der Waals surface area contributed by atoms with Crippen LogP contribution in [0.1, 0.15) is 25.5 Å². The van der Waals surface area contributed by atoms with Crippen molar-refractivity contribution >= 4 is 0 Å². The summed E-state index contributed by atoms with van der Waals surface area (Å²) in [6.45, 7) is 3.65. The SMILES string of the molecule is C#CC(C)NC(C)c1ccc(O)cc1F. The molecule has 1 rings (SSSR count). The van der Waals surface area contributed by atoms with Crippen molar-refractivity contribution in [3.8, 4) is 18.1 Å². The molecule has 0 aliphatic carbocycles. The van der Waals surface area contributed by atoms with Crippen LogP contribution < -0.4 is 5.32 Å². The lowest BCUT2D eigenvalue weighted by Gasteiger charge is -2.17. The Bertz CT molecular complexity index is 384. The van der Waals surface area contributed by atoms with Gasteiger partial charge >= 0.3 is 0 Å². The molecule has 0 amide bonds. The van der Waals surface area contributed by atoms with Crippen molar-refractivity contribution in [1.82, 2.24) is 5.32 Å². The maximum absolute atomic E-state index is 13.4. The van der Waals surface area contributed by atoms with E-state index in [2.05, 4.69) is 11.2 Å². The van der Waals surface area contributed by atoms with E-state index < -0.39 is 5.82 Å². The third-order valence-electron chi connectivity index (χ3n) is 2.20. The molecule has 0 aromatic heterocycles. The molecule has 2 N–H and O–H groups in total. The van der Waals surface area contributed by atoms with Crippen LogP contribution in [0.5, 0.6) is 5.75 Å². The summed E-state index contributed by atoms with van der Waals surface area (Å²) in [7, 11) is 0. The van der Waals surface area contributed by atoms with Gasteiger partial charge < -0.3 is 5.11 Å². The fraction of sp³-hybridized carbons (Fsp3) is 0.333. The maximum Gasteiger partial charge on any atom is 0.131 e. The van der Waals surface area contributed by atoms with Gasteiger partial charge in [-0.25, -0.2) is 4.39 Å². The summed E-state index contributed by atoms with van der Waals surface area (Å²) in [6.07, 6.45) is 5.21. The number of phenols is 1. The van der Waals surface area contributed by atoms with Crippen LogP contribution in [0.25, 0.3) is 0 Å². The van der Waals surface area contributed by atoms with E-state index in [1.165, 1.54) is 6.07 Å². The minimum absolute atomic E-state index is 0.0755. The third kappa shape index (κ3) is 2.97. The normalized spacial score (nSPS) is 14.3. The topological polar surface area (TPSA) is 32.3 Å². The molecule has 0 saturated carbocycles. The highest BCUT2D eigenvalue weighted by Gasteiger charge is 2.12. The van der Waals surface area contributed by atoms with E-state index in [1.54, 1.807) is 6.07 Å². The summed E-state index contributed by atoms with van der Waals surface area (Å²) in [6, 6.07) is 3.79. The van der Waals surface area contributed by atoms with E-state index in [-0.39, 0.29) is 17.8 Å². The zero-order chi connectivity index (χ0) is 11.4. The van der Waals surface area contributed by atoms with Gasteiger partial charge in [0.1, 0.15) is 11.6 Å². The van der Waals surface area contributed by atoms with E-state index in [0.29, 0.717) is 5.56 Å². The van der Waals surface area contributed by atoms with Gasteiger partial charge in [-0.1, -0.05) is 12.0 Å². The molecule has 15 heavy (non-hydrogen) atoms. The molecule has 0 radical (unpaired) electrons. The average molecular weight is 207 g/mol. The van der Waals surface area contributed by atoms with Crippen LogP contribution in [0.2, 0.25) is 0 Å². The number of phenolic OH excluding ortho intramolecular Hbond substituents is 1. The molecular formula is C12H14FNO. The van der Waals surface area contributed by atoms with E-state index >= 15 is 0 Å². The van der Waals surface area contributed by atoms with E-state index in [0.717, 1.165) is 6.07 Å². The summed E-state index contributed by atoms with van der Waals surface area (Å²) in [5, 5.41) is 12.1. The van der Waals surface area contributed by atoms with Crippen LogP contribution in [0.15, 0.2) is 18.2 Å². The van der Waals surface area contributed by atoms with Crippen LogP contribution in [-0.4, -0.2) is 11.1 Å². The Morgan fingerprint density at radius 3 is 2.67 bits per heavy atom. The van der Waals surface area contributed by atoms with Crippen molar-refractivity contribution in [2.24, 2.45) is 0 Å². The molecule has 0 spiro atoms. The fourth-order valence-corrected chi connectivity index (χ4v) is 1.38. The fourth-order valence-electron chi connectivity index (χ4n) is 1.38. The number of benzene rings is 1. The Kier molecular flexibility index (Phi) is 3.70. The summed E-state index contributed by atoms with van der Waals surface area (Å²) < 4.78 is 13.4. The Balaban J connectivity index is 2.83. The molecule has 2 atom stereocenters. The third-order valence-corrected chi connectivity index (χ3v) is 2.20. The van der Waals surface area contributed by atoms with Gasteiger partial charge in [0.15, 0.2) is 0 Å². The van der Waals surface area contributed by atoms with Crippen molar-refractivity contribution in [1.29, 1.82) is 0 Å². The lowest BCUT2D eigenvalue weighted by Crippen LogP contribution is -2.27. The summed E-state index contributed by atoms with van der Waals surface area (Å²) in [5.41, 5.74) is 0.495. The van der Waals surface area contributed by atoms with E-state index in [1.807, 2.05) is 13.8 Å². The molecule has 0 aliphatic heterocycles. The second-order valence-corrected chi connectivity index (χ2v) is 3.48.